The van der Waals surface area contributed by atoms with Gasteiger partial charge in [0.1, 0.15) is 0 Å². The zero-order valence-electron chi connectivity index (χ0n) is 25.6. The summed E-state index contributed by atoms with van der Waals surface area (Å²) in [7, 11) is 0. The third-order valence-electron chi connectivity index (χ3n) is 8.70. The van der Waals surface area contributed by atoms with Crippen molar-refractivity contribution in [2.24, 2.45) is 0 Å². The first-order valence-electron chi connectivity index (χ1n) is 15.7. The van der Waals surface area contributed by atoms with Crippen LogP contribution in [0, 0.1) is 23.2 Å². The number of fused-ring (bicyclic) bond motifs is 3. The van der Waals surface area contributed by atoms with Gasteiger partial charge in [-0.1, -0.05) is 115 Å². The maximum atomic E-state index is 9.46. The number of nitrogens with zero attached hydrogens (tertiary/aromatic N) is 2. The van der Waals surface area contributed by atoms with Crippen LogP contribution in [0.2, 0.25) is 0 Å². The van der Waals surface area contributed by atoms with Crippen molar-refractivity contribution in [2.45, 2.75) is 0 Å². The molecule has 8 rings (SSSR count). The van der Waals surface area contributed by atoms with Crippen LogP contribution >= 0.6 is 0 Å². The number of rotatable bonds is 4. The largest absolute Gasteiger partial charge is 0.309 e. The molecule has 0 amide bonds. The molecule has 8 aromatic rings. The third-order valence-corrected chi connectivity index (χ3v) is 8.70. The molecule has 0 fully saturated rings. The van der Waals surface area contributed by atoms with Gasteiger partial charge < -0.3 is 4.57 Å². The van der Waals surface area contributed by atoms with Gasteiger partial charge in [0.15, 0.2) is 0 Å². The Hall–Kier alpha value is -6.61. The van der Waals surface area contributed by atoms with Gasteiger partial charge in [0.25, 0.3) is 0 Å². The predicted molar refractivity (Wildman–Crippen MR) is 194 cm³/mol. The molecule has 2 nitrogen and oxygen atoms in total. The summed E-state index contributed by atoms with van der Waals surface area (Å²) in [5.74, 6) is 6.63. The average molecular weight is 597 g/mol. The van der Waals surface area contributed by atoms with Crippen LogP contribution in [0.15, 0.2) is 170 Å². The highest BCUT2D eigenvalue weighted by molar-refractivity contribution is 6.11. The van der Waals surface area contributed by atoms with Gasteiger partial charge in [-0.15, -0.1) is 0 Å². The molecule has 47 heavy (non-hydrogen) atoms. The van der Waals surface area contributed by atoms with Crippen molar-refractivity contribution in [1.29, 1.82) is 5.26 Å². The quantitative estimate of drug-likeness (QED) is 0.186. The highest BCUT2D eigenvalue weighted by Gasteiger charge is 2.15. The lowest BCUT2D eigenvalue weighted by Gasteiger charge is -2.09. The van der Waals surface area contributed by atoms with E-state index in [0.29, 0.717) is 5.56 Å². The van der Waals surface area contributed by atoms with Gasteiger partial charge in [0, 0.05) is 27.6 Å². The molecule has 0 aliphatic heterocycles. The maximum absolute atomic E-state index is 9.46. The Morgan fingerprint density at radius 1 is 0.404 bits per heavy atom. The molecule has 0 radical (unpaired) electrons. The van der Waals surface area contributed by atoms with E-state index in [1.54, 1.807) is 0 Å². The van der Waals surface area contributed by atoms with E-state index in [1.165, 1.54) is 44.1 Å². The molecule has 0 unspecified atom stereocenters. The summed E-state index contributed by atoms with van der Waals surface area (Å²) in [5, 5.41) is 11.9. The fourth-order valence-electron chi connectivity index (χ4n) is 6.33. The van der Waals surface area contributed by atoms with E-state index < -0.39 is 0 Å². The summed E-state index contributed by atoms with van der Waals surface area (Å²) in [6.45, 7) is 0. The molecule has 7 aromatic carbocycles. The van der Waals surface area contributed by atoms with Crippen LogP contribution < -0.4 is 0 Å². The lowest BCUT2D eigenvalue weighted by atomic mass is 9.99. The fraction of sp³-hybridized carbons (Fsp3) is 0. The van der Waals surface area contributed by atoms with E-state index in [1.807, 2.05) is 48.5 Å². The molecule has 218 valence electrons. The molecule has 2 heteroatoms. The van der Waals surface area contributed by atoms with E-state index in [0.717, 1.165) is 27.9 Å². The molecule has 0 saturated carbocycles. The number of aromatic nitrogens is 1. The predicted octanol–water partition coefficient (Wildman–Crippen LogP) is 11.1. The van der Waals surface area contributed by atoms with Gasteiger partial charge in [-0.3, -0.25) is 0 Å². The standard InChI is InChI=1S/C45H28N2/c46-31-39-13-7-8-14-41(39)36-21-17-32(18-22-36)15-16-33-19-25-40(26-20-33)47-44-27-23-37(34-9-3-1-4-10-34)29-42(44)43-30-38(24-28-45(43)47)35-11-5-2-6-12-35/h1-14,17-30H. The Kier molecular flexibility index (Phi) is 7.16. The van der Waals surface area contributed by atoms with E-state index in [9.17, 15) is 5.26 Å². The van der Waals surface area contributed by atoms with Crippen molar-refractivity contribution in [3.8, 4) is 57.0 Å². The first-order valence-corrected chi connectivity index (χ1v) is 15.7. The van der Waals surface area contributed by atoms with Gasteiger partial charge in [-0.25, -0.2) is 0 Å². The van der Waals surface area contributed by atoms with Gasteiger partial charge in [0.05, 0.1) is 22.7 Å². The molecule has 0 aliphatic rings. The lowest BCUT2D eigenvalue weighted by molar-refractivity contribution is 1.18. The molecule has 0 spiro atoms. The molecule has 1 heterocycles. The Morgan fingerprint density at radius 2 is 0.872 bits per heavy atom. The molecule has 1 aromatic heterocycles. The summed E-state index contributed by atoms with van der Waals surface area (Å²) in [6.07, 6.45) is 0. The minimum atomic E-state index is 0.669. The Balaban J connectivity index is 1.16. The average Bonchev–Trinajstić information content (AvgIpc) is 3.48. The molecular weight excluding hydrogens is 569 g/mol. The van der Waals surface area contributed by atoms with Crippen LogP contribution in [0.4, 0.5) is 0 Å². The van der Waals surface area contributed by atoms with E-state index in [2.05, 4.69) is 144 Å². The van der Waals surface area contributed by atoms with Gasteiger partial charge in [-0.2, -0.15) is 5.26 Å². The number of benzene rings is 7. The SMILES string of the molecule is N#Cc1ccccc1-c1ccc(C#Cc2ccc(-n3c4ccc(-c5ccccc5)cc4c4cc(-c5ccccc5)ccc43)cc2)cc1. The molecule has 0 aliphatic carbocycles. The topological polar surface area (TPSA) is 28.7 Å². The van der Waals surface area contributed by atoms with Gasteiger partial charge in [0.2, 0.25) is 0 Å². The van der Waals surface area contributed by atoms with Gasteiger partial charge >= 0.3 is 0 Å². The maximum Gasteiger partial charge on any atom is 0.0998 e. The Labute approximate surface area is 274 Å². The fourth-order valence-corrected chi connectivity index (χ4v) is 6.33. The number of hydrogen-bond acceptors (Lipinski definition) is 1. The zero-order chi connectivity index (χ0) is 31.6. The summed E-state index contributed by atoms with van der Waals surface area (Å²) in [5.41, 5.74) is 12.7. The second-order valence-electron chi connectivity index (χ2n) is 11.6. The molecular formula is C45H28N2. The Morgan fingerprint density at radius 3 is 1.40 bits per heavy atom. The monoisotopic (exact) mass is 596 g/mol. The summed E-state index contributed by atoms with van der Waals surface area (Å²) in [6, 6.07) is 61.2. The minimum Gasteiger partial charge on any atom is -0.309 e. The highest BCUT2D eigenvalue weighted by Crippen LogP contribution is 2.37. The number of nitriles is 1. The normalized spacial score (nSPS) is 10.8. The van der Waals surface area contributed by atoms with Crippen molar-refractivity contribution >= 4 is 21.8 Å². The summed E-state index contributed by atoms with van der Waals surface area (Å²) in [4.78, 5) is 0. The first-order chi connectivity index (χ1) is 23.2. The van der Waals surface area contributed by atoms with Gasteiger partial charge in [-0.05, 0) is 100 Å². The molecule has 0 bridgehead atoms. The second kappa shape index (κ2) is 12.1. The first kappa shape index (κ1) is 27.9. The van der Waals surface area contributed by atoms with E-state index in [-0.39, 0.29) is 0 Å². The van der Waals surface area contributed by atoms with Crippen molar-refractivity contribution < 1.29 is 0 Å². The van der Waals surface area contributed by atoms with Crippen LogP contribution in [0.5, 0.6) is 0 Å². The van der Waals surface area contributed by atoms with Crippen molar-refractivity contribution in [3.63, 3.8) is 0 Å². The molecule has 0 atom stereocenters. The second-order valence-corrected chi connectivity index (χ2v) is 11.6. The van der Waals surface area contributed by atoms with E-state index in [4.69, 9.17) is 0 Å². The highest BCUT2D eigenvalue weighted by atomic mass is 15.0. The Bertz CT molecular complexity index is 2390. The zero-order valence-corrected chi connectivity index (χ0v) is 25.6. The minimum absolute atomic E-state index is 0.669. The number of hydrogen-bond donors (Lipinski definition) is 0. The molecule has 0 N–H and O–H groups in total. The summed E-state index contributed by atoms with van der Waals surface area (Å²) < 4.78 is 2.35. The van der Waals surface area contributed by atoms with Crippen molar-refractivity contribution in [3.05, 3.63) is 187 Å². The van der Waals surface area contributed by atoms with Crippen LogP contribution in [0.25, 0.3) is 60.9 Å². The summed E-state index contributed by atoms with van der Waals surface area (Å²) >= 11 is 0. The van der Waals surface area contributed by atoms with E-state index >= 15 is 0 Å². The van der Waals surface area contributed by atoms with Crippen molar-refractivity contribution in [1.82, 2.24) is 4.57 Å². The smallest absolute Gasteiger partial charge is 0.0998 e. The van der Waals surface area contributed by atoms with Crippen LogP contribution in [-0.2, 0) is 0 Å². The van der Waals surface area contributed by atoms with Crippen LogP contribution in [0.1, 0.15) is 16.7 Å². The lowest BCUT2D eigenvalue weighted by Crippen LogP contribution is -1.94. The van der Waals surface area contributed by atoms with Crippen LogP contribution in [0.3, 0.4) is 0 Å². The van der Waals surface area contributed by atoms with Crippen molar-refractivity contribution in [2.75, 3.05) is 0 Å². The third kappa shape index (κ3) is 5.36. The van der Waals surface area contributed by atoms with Crippen LogP contribution in [-0.4, -0.2) is 4.57 Å². The molecule has 0 saturated heterocycles.